The molecule has 0 saturated heterocycles. The van der Waals surface area contributed by atoms with E-state index < -0.39 is 0 Å². The maximum Gasteiger partial charge on any atom is 0.0726 e. The summed E-state index contributed by atoms with van der Waals surface area (Å²) in [6.07, 6.45) is 4.71. The number of aromatic nitrogens is 1. The van der Waals surface area contributed by atoms with Crippen LogP contribution in [0.15, 0.2) is 48.5 Å². The van der Waals surface area contributed by atoms with E-state index in [1.54, 1.807) is 0 Å². The third-order valence-electron chi connectivity index (χ3n) is 5.17. The lowest BCUT2D eigenvalue weighted by Crippen LogP contribution is -2.13. The van der Waals surface area contributed by atoms with E-state index in [-0.39, 0.29) is 5.41 Å². The van der Waals surface area contributed by atoms with Crippen LogP contribution in [0.4, 0.5) is 11.4 Å². The molecular weight excluding hydrogens is 304 g/mol. The van der Waals surface area contributed by atoms with Gasteiger partial charge in [0, 0.05) is 16.8 Å². The third kappa shape index (κ3) is 3.13. The Morgan fingerprint density at radius 2 is 1.68 bits per heavy atom. The van der Waals surface area contributed by atoms with Crippen molar-refractivity contribution in [2.75, 3.05) is 5.32 Å². The fourth-order valence-corrected chi connectivity index (χ4v) is 3.70. The van der Waals surface area contributed by atoms with Gasteiger partial charge >= 0.3 is 0 Å². The number of nitrogens with one attached hydrogen (secondary N) is 1. The van der Waals surface area contributed by atoms with Gasteiger partial charge in [-0.3, -0.25) is 4.98 Å². The first-order valence-electron chi connectivity index (χ1n) is 9.30. The van der Waals surface area contributed by atoms with E-state index in [0.29, 0.717) is 0 Å². The quantitative estimate of drug-likeness (QED) is 0.609. The van der Waals surface area contributed by atoms with Crippen molar-refractivity contribution in [1.29, 1.82) is 0 Å². The summed E-state index contributed by atoms with van der Waals surface area (Å²) in [7, 11) is 0. The van der Waals surface area contributed by atoms with E-state index in [1.807, 2.05) is 0 Å². The van der Waals surface area contributed by atoms with Crippen molar-refractivity contribution in [2.24, 2.45) is 0 Å². The van der Waals surface area contributed by atoms with Crippen molar-refractivity contribution in [3.63, 3.8) is 0 Å². The maximum atomic E-state index is 5.00. The van der Waals surface area contributed by atoms with Crippen LogP contribution in [-0.2, 0) is 18.3 Å². The first kappa shape index (κ1) is 16.1. The van der Waals surface area contributed by atoms with Crippen LogP contribution in [0.5, 0.6) is 0 Å². The lowest BCUT2D eigenvalue weighted by Gasteiger charge is -2.24. The molecule has 3 aromatic rings. The molecule has 0 fully saturated rings. The SMILES string of the molecule is CC(C)(C)c1ccc2nc3c(c(Nc4ccccc4)c2c1)CCCC3. The molecule has 0 amide bonds. The van der Waals surface area contributed by atoms with Gasteiger partial charge in [0.25, 0.3) is 0 Å². The van der Waals surface area contributed by atoms with Gasteiger partial charge in [0.2, 0.25) is 0 Å². The second kappa shape index (κ2) is 6.18. The molecule has 0 aliphatic heterocycles. The van der Waals surface area contributed by atoms with Crippen LogP contribution in [-0.4, -0.2) is 4.98 Å². The molecule has 1 aliphatic carbocycles. The van der Waals surface area contributed by atoms with Crippen molar-refractivity contribution in [3.8, 4) is 0 Å². The second-order valence-electron chi connectivity index (χ2n) is 8.09. The minimum Gasteiger partial charge on any atom is -0.355 e. The summed E-state index contributed by atoms with van der Waals surface area (Å²) in [5.41, 5.74) is 7.68. The molecule has 0 saturated carbocycles. The van der Waals surface area contributed by atoms with E-state index in [1.165, 1.54) is 40.7 Å². The number of rotatable bonds is 2. The monoisotopic (exact) mass is 330 g/mol. The summed E-state index contributed by atoms with van der Waals surface area (Å²) < 4.78 is 0. The van der Waals surface area contributed by atoms with Crippen molar-refractivity contribution < 1.29 is 0 Å². The molecule has 0 unspecified atom stereocenters. The molecule has 0 spiro atoms. The number of hydrogen-bond acceptors (Lipinski definition) is 2. The summed E-state index contributed by atoms with van der Waals surface area (Å²) in [5, 5.41) is 4.96. The lowest BCUT2D eigenvalue weighted by molar-refractivity contribution is 0.591. The van der Waals surface area contributed by atoms with Crippen molar-refractivity contribution in [2.45, 2.75) is 51.9 Å². The van der Waals surface area contributed by atoms with Gasteiger partial charge in [-0.25, -0.2) is 0 Å². The van der Waals surface area contributed by atoms with E-state index in [0.717, 1.165) is 24.0 Å². The Kier molecular flexibility index (Phi) is 3.99. The summed E-state index contributed by atoms with van der Waals surface area (Å²) in [5.74, 6) is 0. The van der Waals surface area contributed by atoms with Crippen molar-refractivity contribution in [3.05, 3.63) is 65.4 Å². The molecule has 2 heteroatoms. The minimum atomic E-state index is 0.133. The third-order valence-corrected chi connectivity index (χ3v) is 5.17. The zero-order chi connectivity index (χ0) is 17.4. The Balaban J connectivity index is 1.94. The van der Waals surface area contributed by atoms with Crippen LogP contribution < -0.4 is 5.32 Å². The number of anilines is 2. The second-order valence-corrected chi connectivity index (χ2v) is 8.09. The smallest absolute Gasteiger partial charge is 0.0726 e. The molecule has 1 N–H and O–H groups in total. The Labute approximate surface area is 150 Å². The predicted octanol–water partition coefficient (Wildman–Crippen LogP) is 6.15. The molecule has 1 aromatic heterocycles. The van der Waals surface area contributed by atoms with Crippen molar-refractivity contribution >= 4 is 22.3 Å². The molecule has 25 heavy (non-hydrogen) atoms. The summed E-state index contributed by atoms with van der Waals surface area (Å²) in [6.45, 7) is 6.80. The highest BCUT2D eigenvalue weighted by Gasteiger charge is 2.20. The number of nitrogens with zero attached hydrogens (tertiary/aromatic N) is 1. The van der Waals surface area contributed by atoms with Gasteiger partial charge in [0.1, 0.15) is 0 Å². The van der Waals surface area contributed by atoms with Crippen LogP contribution in [0.3, 0.4) is 0 Å². The molecule has 2 aromatic carbocycles. The van der Waals surface area contributed by atoms with Gasteiger partial charge in [-0.1, -0.05) is 45.0 Å². The van der Waals surface area contributed by atoms with E-state index >= 15 is 0 Å². The highest BCUT2D eigenvalue weighted by Crippen LogP contribution is 2.37. The minimum absolute atomic E-state index is 0.133. The van der Waals surface area contributed by atoms with Gasteiger partial charge < -0.3 is 5.32 Å². The van der Waals surface area contributed by atoms with Crippen LogP contribution in [0.2, 0.25) is 0 Å². The number of para-hydroxylation sites is 1. The number of aryl methyl sites for hydroxylation is 1. The fraction of sp³-hybridized carbons (Fsp3) is 0.348. The standard InChI is InChI=1S/C23H26N2/c1-23(2,3)16-13-14-21-19(15-16)22(24-17-9-5-4-6-10-17)18-11-7-8-12-20(18)25-21/h4-6,9-10,13-15H,7-8,11-12H2,1-3H3,(H,24,25). The normalized spacial score (nSPS) is 14.4. The van der Waals surface area contributed by atoms with Gasteiger partial charge in [0.15, 0.2) is 0 Å². The molecular formula is C23H26N2. The van der Waals surface area contributed by atoms with E-state index in [2.05, 4.69) is 74.6 Å². The van der Waals surface area contributed by atoms with Crippen LogP contribution in [0.25, 0.3) is 10.9 Å². The Bertz CT molecular complexity index is 905. The van der Waals surface area contributed by atoms with Crippen molar-refractivity contribution in [1.82, 2.24) is 4.98 Å². The Morgan fingerprint density at radius 3 is 2.44 bits per heavy atom. The van der Waals surface area contributed by atoms with Gasteiger partial charge in [-0.15, -0.1) is 0 Å². The first-order chi connectivity index (χ1) is 12.0. The number of hydrogen-bond donors (Lipinski definition) is 1. The summed E-state index contributed by atoms with van der Waals surface area (Å²) >= 11 is 0. The number of benzene rings is 2. The largest absolute Gasteiger partial charge is 0.355 e. The van der Waals surface area contributed by atoms with Gasteiger partial charge in [0.05, 0.1) is 11.2 Å². The Hall–Kier alpha value is -2.35. The molecule has 0 bridgehead atoms. The number of fused-ring (bicyclic) bond motifs is 2. The highest BCUT2D eigenvalue weighted by atomic mass is 14.9. The van der Waals surface area contributed by atoms with Gasteiger partial charge in [-0.05, 0) is 66.5 Å². The lowest BCUT2D eigenvalue weighted by atomic mass is 9.85. The zero-order valence-corrected chi connectivity index (χ0v) is 15.4. The molecule has 1 aliphatic rings. The predicted molar refractivity (Wildman–Crippen MR) is 107 cm³/mol. The van der Waals surface area contributed by atoms with E-state index in [4.69, 9.17) is 4.98 Å². The molecule has 128 valence electrons. The molecule has 0 atom stereocenters. The summed E-state index contributed by atoms with van der Waals surface area (Å²) in [4.78, 5) is 5.00. The zero-order valence-electron chi connectivity index (χ0n) is 15.4. The average molecular weight is 330 g/mol. The van der Waals surface area contributed by atoms with E-state index in [9.17, 15) is 0 Å². The average Bonchev–Trinajstić information content (AvgIpc) is 2.61. The van der Waals surface area contributed by atoms with Gasteiger partial charge in [-0.2, -0.15) is 0 Å². The summed E-state index contributed by atoms with van der Waals surface area (Å²) in [6, 6.07) is 17.3. The molecule has 1 heterocycles. The topological polar surface area (TPSA) is 24.9 Å². The van der Waals surface area contributed by atoms with Crippen LogP contribution >= 0.6 is 0 Å². The first-order valence-corrected chi connectivity index (χ1v) is 9.30. The molecule has 0 radical (unpaired) electrons. The Morgan fingerprint density at radius 1 is 0.920 bits per heavy atom. The molecule has 4 rings (SSSR count). The van der Waals surface area contributed by atoms with Crippen LogP contribution in [0.1, 0.15) is 50.4 Å². The molecule has 2 nitrogen and oxygen atoms in total. The van der Waals surface area contributed by atoms with Crippen LogP contribution in [0, 0.1) is 0 Å². The fourth-order valence-electron chi connectivity index (χ4n) is 3.70. The number of pyridine rings is 1. The maximum absolute atomic E-state index is 5.00. The highest BCUT2D eigenvalue weighted by molar-refractivity contribution is 5.96.